The van der Waals surface area contributed by atoms with Crippen molar-refractivity contribution in [2.75, 3.05) is 24.5 Å². The molecule has 1 saturated heterocycles. The highest BCUT2D eigenvalue weighted by Crippen LogP contribution is 2.31. The molecular formula is C16H23F3N2. The van der Waals surface area contributed by atoms with Gasteiger partial charge in [-0.1, -0.05) is 6.92 Å². The Kier molecular flexibility index (Phi) is 5.14. The first-order chi connectivity index (χ1) is 9.91. The molecule has 118 valence electrons. The van der Waals surface area contributed by atoms with Crippen LogP contribution in [-0.2, 0) is 6.18 Å². The Morgan fingerprint density at radius 3 is 2.24 bits per heavy atom. The molecule has 0 spiro atoms. The predicted molar refractivity (Wildman–Crippen MR) is 79.5 cm³/mol. The van der Waals surface area contributed by atoms with E-state index in [4.69, 9.17) is 0 Å². The Hall–Kier alpha value is -1.23. The van der Waals surface area contributed by atoms with Gasteiger partial charge in [-0.2, -0.15) is 13.2 Å². The molecule has 0 bridgehead atoms. The second-order valence-electron chi connectivity index (χ2n) is 5.72. The molecule has 0 amide bonds. The molecule has 1 heterocycles. The van der Waals surface area contributed by atoms with Crippen LogP contribution in [0, 0.1) is 5.92 Å². The number of piperidine rings is 1. The number of hydrogen-bond donors (Lipinski definition) is 1. The molecule has 0 aliphatic carbocycles. The van der Waals surface area contributed by atoms with Crippen molar-refractivity contribution in [1.29, 1.82) is 0 Å². The summed E-state index contributed by atoms with van der Waals surface area (Å²) in [5.74, 6) is 0.649. The van der Waals surface area contributed by atoms with Crippen LogP contribution in [0.5, 0.6) is 0 Å². The molecule has 0 saturated carbocycles. The fourth-order valence-electron chi connectivity index (χ4n) is 3.01. The highest BCUT2D eigenvalue weighted by atomic mass is 19.4. The Morgan fingerprint density at radius 2 is 1.76 bits per heavy atom. The number of rotatable bonds is 4. The summed E-state index contributed by atoms with van der Waals surface area (Å²) in [6.45, 7) is 7.10. The summed E-state index contributed by atoms with van der Waals surface area (Å²) in [5, 5.41) is 3.45. The number of benzene rings is 1. The lowest BCUT2D eigenvalue weighted by molar-refractivity contribution is -0.137. The van der Waals surface area contributed by atoms with Gasteiger partial charge in [-0.25, -0.2) is 0 Å². The summed E-state index contributed by atoms with van der Waals surface area (Å²) in [7, 11) is 0. The van der Waals surface area contributed by atoms with Gasteiger partial charge in [0.25, 0.3) is 0 Å². The van der Waals surface area contributed by atoms with E-state index in [9.17, 15) is 13.2 Å². The minimum Gasteiger partial charge on any atom is -0.372 e. The maximum Gasteiger partial charge on any atom is 0.416 e. The molecule has 21 heavy (non-hydrogen) atoms. The Morgan fingerprint density at radius 1 is 1.19 bits per heavy atom. The minimum atomic E-state index is -4.26. The monoisotopic (exact) mass is 300 g/mol. The summed E-state index contributed by atoms with van der Waals surface area (Å²) in [6, 6.07) is 6.00. The fourth-order valence-corrected chi connectivity index (χ4v) is 3.01. The normalized spacial score (nSPS) is 18.8. The zero-order valence-electron chi connectivity index (χ0n) is 12.6. The van der Waals surface area contributed by atoms with Crippen molar-refractivity contribution in [2.45, 2.75) is 38.9 Å². The number of hydrogen-bond acceptors (Lipinski definition) is 2. The molecule has 1 atom stereocenters. The van der Waals surface area contributed by atoms with E-state index in [1.165, 1.54) is 12.1 Å². The van der Waals surface area contributed by atoms with Crippen LogP contribution in [-0.4, -0.2) is 25.7 Å². The van der Waals surface area contributed by atoms with Crippen LogP contribution in [0.1, 0.15) is 32.3 Å². The van der Waals surface area contributed by atoms with E-state index in [0.717, 1.165) is 38.2 Å². The molecule has 1 fully saturated rings. The average Bonchev–Trinajstić information content (AvgIpc) is 2.47. The number of nitrogens with zero attached hydrogens (tertiary/aromatic N) is 1. The van der Waals surface area contributed by atoms with Gasteiger partial charge in [-0.3, -0.25) is 0 Å². The quantitative estimate of drug-likeness (QED) is 0.906. The zero-order valence-corrected chi connectivity index (χ0v) is 12.6. The van der Waals surface area contributed by atoms with Gasteiger partial charge in [0.2, 0.25) is 0 Å². The molecule has 1 aromatic carbocycles. The average molecular weight is 300 g/mol. The maximum absolute atomic E-state index is 12.6. The van der Waals surface area contributed by atoms with Gasteiger partial charge in [0.15, 0.2) is 0 Å². The molecule has 1 aromatic rings. The van der Waals surface area contributed by atoms with Crippen LogP contribution in [0.2, 0.25) is 0 Å². The van der Waals surface area contributed by atoms with Crippen molar-refractivity contribution in [3.05, 3.63) is 29.8 Å². The number of nitrogens with one attached hydrogen (secondary N) is 1. The van der Waals surface area contributed by atoms with E-state index in [0.29, 0.717) is 12.0 Å². The third-order valence-corrected chi connectivity index (χ3v) is 4.33. The van der Waals surface area contributed by atoms with Crippen molar-refractivity contribution in [3.8, 4) is 0 Å². The third-order valence-electron chi connectivity index (χ3n) is 4.33. The lowest BCUT2D eigenvalue weighted by Crippen LogP contribution is -2.42. The van der Waals surface area contributed by atoms with E-state index in [1.54, 1.807) is 12.1 Å². The van der Waals surface area contributed by atoms with Gasteiger partial charge in [0.1, 0.15) is 0 Å². The van der Waals surface area contributed by atoms with Gasteiger partial charge in [0.05, 0.1) is 5.56 Å². The standard InChI is InChI=1S/C16H23F3N2/c1-3-20-12(2)13-8-10-21(11-9-13)15-6-4-14(5-7-15)16(17,18)19/h4-7,12-13,20H,3,8-11H2,1-2H3. The predicted octanol–water partition coefficient (Wildman–Crippen LogP) is 3.92. The minimum absolute atomic E-state index is 0.504. The highest BCUT2D eigenvalue weighted by Gasteiger charge is 2.30. The van der Waals surface area contributed by atoms with E-state index < -0.39 is 11.7 Å². The summed E-state index contributed by atoms with van der Waals surface area (Å²) < 4.78 is 37.7. The zero-order chi connectivity index (χ0) is 15.5. The Bertz CT molecular complexity index is 434. The molecule has 1 N–H and O–H groups in total. The van der Waals surface area contributed by atoms with Crippen molar-refractivity contribution in [1.82, 2.24) is 5.32 Å². The van der Waals surface area contributed by atoms with Gasteiger partial charge in [0, 0.05) is 24.8 Å². The molecule has 1 aliphatic rings. The summed E-state index contributed by atoms with van der Waals surface area (Å²) in [5.41, 5.74) is 0.305. The van der Waals surface area contributed by atoms with Crippen LogP contribution in [0.3, 0.4) is 0 Å². The summed E-state index contributed by atoms with van der Waals surface area (Å²) in [6.07, 6.45) is -2.10. The van der Waals surface area contributed by atoms with Crippen molar-refractivity contribution >= 4 is 5.69 Å². The van der Waals surface area contributed by atoms with Gasteiger partial charge >= 0.3 is 6.18 Å². The molecule has 2 rings (SSSR count). The Labute approximate surface area is 124 Å². The van der Waals surface area contributed by atoms with Crippen LogP contribution < -0.4 is 10.2 Å². The smallest absolute Gasteiger partial charge is 0.372 e. The number of alkyl halides is 3. The van der Waals surface area contributed by atoms with E-state index in [1.807, 2.05) is 0 Å². The second kappa shape index (κ2) is 6.69. The van der Waals surface area contributed by atoms with E-state index in [-0.39, 0.29) is 0 Å². The largest absolute Gasteiger partial charge is 0.416 e. The van der Waals surface area contributed by atoms with Crippen LogP contribution in [0.25, 0.3) is 0 Å². The molecule has 1 aliphatic heterocycles. The summed E-state index contributed by atoms with van der Waals surface area (Å²) >= 11 is 0. The van der Waals surface area contributed by atoms with Crippen LogP contribution in [0.15, 0.2) is 24.3 Å². The maximum atomic E-state index is 12.6. The van der Waals surface area contributed by atoms with Gasteiger partial charge < -0.3 is 10.2 Å². The first kappa shape index (κ1) is 16.1. The Balaban J connectivity index is 1.93. The lowest BCUT2D eigenvalue weighted by Gasteiger charge is -2.36. The second-order valence-corrected chi connectivity index (χ2v) is 5.72. The van der Waals surface area contributed by atoms with Crippen LogP contribution in [0.4, 0.5) is 18.9 Å². The summed E-state index contributed by atoms with van der Waals surface area (Å²) in [4.78, 5) is 2.18. The van der Waals surface area contributed by atoms with Crippen molar-refractivity contribution in [2.24, 2.45) is 5.92 Å². The molecular weight excluding hydrogens is 277 g/mol. The van der Waals surface area contributed by atoms with Crippen molar-refractivity contribution in [3.63, 3.8) is 0 Å². The van der Waals surface area contributed by atoms with Crippen LogP contribution >= 0.6 is 0 Å². The molecule has 0 radical (unpaired) electrons. The van der Waals surface area contributed by atoms with Crippen molar-refractivity contribution < 1.29 is 13.2 Å². The first-order valence-corrected chi connectivity index (χ1v) is 7.57. The molecule has 2 nitrogen and oxygen atoms in total. The third kappa shape index (κ3) is 4.13. The van der Waals surface area contributed by atoms with Gasteiger partial charge in [-0.05, 0) is 56.5 Å². The fraction of sp³-hybridized carbons (Fsp3) is 0.625. The van der Waals surface area contributed by atoms with E-state index in [2.05, 4.69) is 24.1 Å². The highest BCUT2D eigenvalue weighted by molar-refractivity contribution is 5.48. The van der Waals surface area contributed by atoms with E-state index >= 15 is 0 Å². The topological polar surface area (TPSA) is 15.3 Å². The molecule has 1 unspecified atom stereocenters. The lowest BCUT2D eigenvalue weighted by atomic mass is 9.90. The van der Waals surface area contributed by atoms with Gasteiger partial charge in [-0.15, -0.1) is 0 Å². The first-order valence-electron chi connectivity index (χ1n) is 7.57. The number of anilines is 1. The molecule has 0 aromatic heterocycles. The SMILES string of the molecule is CCNC(C)C1CCN(c2ccc(C(F)(F)F)cc2)CC1. The molecule has 5 heteroatoms. The number of halogens is 3.